The molecule has 0 saturated carbocycles. The largest absolute Gasteiger partial charge is 0.488 e. The highest BCUT2D eigenvalue weighted by Gasteiger charge is 2.10. The van der Waals surface area contributed by atoms with E-state index in [2.05, 4.69) is 15.9 Å². The molecule has 0 atom stereocenters. The third-order valence-corrected chi connectivity index (χ3v) is 3.27. The van der Waals surface area contributed by atoms with E-state index in [1.807, 2.05) is 30.3 Å². The zero-order chi connectivity index (χ0) is 14.5. The summed E-state index contributed by atoms with van der Waals surface area (Å²) < 4.78 is 6.66. The lowest BCUT2D eigenvalue weighted by Gasteiger charge is -2.10. The number of ether oxygens (including phenoxy) is 1. The predicted octanol–water partition coefficient (Wildman–Crippen LogP) is 4.10. The fourth-order valence-electron chi connectivity index (χ4n) is 1.79. The van der Waals surface area contributed by atoms with Crippen LogP contribution in [0.1, 0.15) is 28.4 Å². The molecule has 0 fully saturated rings. The maximum absolute atomic E-state index is 11.6. The van der Waals surface area contributed by atoms with Crippen molar-refractivity contribution in [2.24, 2.45) is 0 Å². The van der Waals surface area contributed by atoms with Crippen molar-refractivity contribution in [2.45, 2.75) is 13.5 Å². The van der Waals surface area contributed by atoms with Gasteiger partial charge in [0.2, 0.25) is 0 Å². The summed E-state index contributed by atoms with van der Waals surface area (Å²) in [7, 11) is 0. The lowest BCUT2D eigenvalue weighted by atomic mass is 10.1. The number of benzene rings is 2. The average Bonchev–Trinajstić information content (AvgIpc) is 2.44. The average molecular weight is 330 g/mol. The Labute approximate surface area is 125 Å². The quantitative estimate of drug-likeness (QED) is 0.793. The normalized spacial score (nSPS) is 9.85. The molecular weight excluding hydrogens is 318 g/mol. The van der Waals surface area contributed by atoms with Crippen LogP contribution in [0, 0.1) is 11.3 Å². The molecule has 0 spiro atoms. The second kappa shape index (κ2) is 6.36. The Kier molecular flexibility index (Phi) is 4.54. The molecule has 2 aromatic rings. The van der Waals surface area contributed by atoms with E-state index in [4.69, 9.17) is 10.00 Å². The minimum atomic E-state index is -0.0845. The SMILES string of the molecule is CC(=O)c1ccc(C#N)cc1OCc1cccc(Br)c1. The van der Waals surface area contributed by atoms with Crippen LogP contribution in [0.3, 0.4) is 0 Å². The molecule has 0 amide bonds. The molecule has 100 valence electrons. The number of nitriles is 1. The van der Waals surface area contributed by atoms with Crippen LogP contribution in [-0.4, -0.2) is 5.78 Å². The van der Waals surface area contributed by atoms with Crippen LogP contribution in [-0.2, 0) is 6.61 Å². The van der Waals surface area contributed by atoms with E-state index in [0.717, 1.165) is 10.0 Å². The van der Waals surface area contributed by atoms with Gasteiger partial charge in [-0.25, -0.2) is 0 Å². The first-order valence-electron chi connectivity index (χ1n) is 6.02. The third-order valence-electron chi connectivity index (χ3n) is 2.77. The summed E-state index contributed by atoms with van der Waals surface area (Å²) in [6.07, 6.45) is 0. The molecule has 3 nitrogen and oxygen atoms in total. The molecule has 0 bridgehead atoms. The second-order valence-corrected chi connectivity index (χ2v) is 5.21. The first-order valence-corrected chi connectivity index (χ1v) is 6.82. The number of nitrogens with zero attached hydrogens (tertiary/aromatic N) is 1. The topological polar surface area (TPSA) is 50.1 Å². The van der Waals surface area contributed by atoms with Crippen molar-refractivity contribution in [2.75, 3.05) is 0 Å². The summed E-state index contributed by atoms with van der Waals surface area (Å²) in [6, 6.07) is 14.6. The first-order chi connectivity index (χ1) is 9.60. The van der Waals surface area contributed by atoms with Gasteiger partial charge in [0.25, 0.3) is 0 Å². The van der Waals surface area contributed by atoms with Gasteiger partial charge in [0.1, 0.15) is 12.4 Å². The number of halogens is 1. The summed E-state index contributed by atoms with van der Waals surface area (Å²) in [6.45, 7) is 1.82. The van der Waals surface area contributed by atoms with Gasteiger partial charge in [0, 0.05) is 4.47 Å². The number of carbonyl (C=O) groups excluding carboxylic acids is 1. The number of hydrogen-bond donors (Lipinski definition) is 0. The molecule has 0 aliphatic heterocycles. The van der Waals surface area contributed by atoms with E-state index >= 15 is 0 Å². The van der Waals surface area contributed by atoms with Gasteiger partial charge >= 0.3 is 0 Å². The highest BCUT2D eigenvalue weighted by molar-refractivity contribution is 9.10. The monoisotopic (exact) mass is 329 g/mol. The second-order valence-electron chi connectivity index (χ2n) is 4.30. The van der Waals surface area contributed by atoms with Crippen LogP contribution in [0.5, 0.6) is 5.75 Å². The van der Waals surface area contributed by atoms with E-state index < -0.39 is 0 Å². The Morgan fingerprint density at radius 1 is 1.30 bits per heavy atom. The van der Waals surface area contributed by atoms with Crippen molar-refractivity contribution >= 4 is 21.7 Å². The van der Waals surface area contributed by atoms with Gasteiger partial charge in [-0.15, -0.1) is 0 Å². The Morgan fingerprint density at radius 3 is 2.75 bits per heavy atom. The van der Waals surface area contributed by atoms with Gasteiger partial charge < -0.3 is 4.74 Å². The van der Waals surface area contributed by atoms with Gasteiger partial charge in [-0.1, -0.05) is 28.1 Å². The summed E-state index contributed by atoms with van der Waals surface area (Å²) in [5, 5.41) is 8.92. The standard InChI is InChI=1S/C16H12BrNO2/c1-11(19)15-6-5-12(9-18)8-16(15)20-10-13-3-2-4-14(17)7-13/h2-8H,10H2,1H3. The minimum absolute atomic E-state index is 0.0845. The van der Waals surface area contributed by atoms with Crippen molar-refractivity contribution in [3.05, 3.63) is 63.6 Å². The van der Waals surface area contributed by atoms with Crippen LogP contribution in [0.15, 0.2) is 46.9 Å². The predicted molar refractivity (Wildman–Crippen MR) is 79.6 cm³/mol. The molecule has 0 saturated heterocycles. The van der Waals surface area contributed by atoms with Crippen LogP contribution >= 0.6 is 15.9 Å². The molecule has 2 aromatic carbocycles. The molecule has 0 aromatic heterocycles. The molecule has 2 rings (SSSR count). The van der Waals surface area contributed by atoms with Gasteiger partial charge in [-0.2, -0.15) is 5.26 Å². The molecule has 0 heterocycles. The molecule has 0 aliphatic rings. The van der Waals surface area contributed by atoms with E-state index in [-0.39, 0.29) is 5.78 Å². The number of rotatable bonds is 4. The smallest absolute Gasteiger partial charge is 0.163 e. The number of hydrogen-bond acceptors (Lipinski definition) is 3. The van der Waals surface area contributed by atoms with Crippen LogP contribution < -0.4 is 4.74 Å². The number of carbonyl (C=O) groups is 1. The first kappa shape index (κ1) is 14.3. The lowest BCUT2D eigenvalue weighted by molar-refractivity contribution is 0.101. The van der Waals surface area contributed by atoms with E-state index in [1.54, 1.807) is 18.2 Å². The van der Waals surface area contributed by atoms with Gasteiger partial charge in [-0.3, -0.25) is 4.79 Å². The van der Waals surface area contributed by atoms with Crippen molar-refractivity contribution in [3.8, 4) is 11.8 Å². The van der Waals surface area contributed by atoms with Crippen LogP contribution in [0.4, 0.5) is 0 Å². The summed E-state index contributed by atoms with van der Waals surface area (Å²) in [5.41, 5.74) is 1.94. The zero-order valence-corrected chi connectivity index (χ0v) is 12.5. The fraction of sp³-hybridized carbons (Fsp3) is 0.125. The van der Waals surface area contributed by atoms with Gasteiger partial charge in [0.15, 0.2) is 5.78 Å². The Hall–Kier alpha value is -2.12. The van der Waals surface area contributed by atoms with Crippen LogP contribution in [0.2, 0.25) is 0 Å². The van der Waals surface area contributed by atoms with E-state index in [0.29, 0.717) is 23.5 Å². The molecule has 0 radical (unpaired) electrons. The Balaban J connectivity index is 2.24. The molecule has 20 heavy (non-hydrogen) atoms. The van der Waals surface area contributed by atoms with E-state index in [9.17, 15) is 4.79 Å². The highest BCUT2D eigenvalue weighted by atomic mass is 79.9. The lowest BCUT2D eigenvalue weighted by Crippen LogP contribution is -2.02. The molecular formula is C16H12BrNO2. The zero-order valence-electron chi connectivity index (χ0n) is 10.9. The summed E-state index contributed by atoms with van der Waals surface area (Å²) in [5.74, 6) is 0.357. The molecule has 0 aliphatic carbocycles. The van der Waals surface area contributed by atoms with Crippen molar-refractivity contribution in [3.63, 3.8) is 0 Å². The number of ketones is 1. The minimum Gasteiger partial charge on any atom is -0.488 e. The van der Waals surface area contributed by atoms with Crippen LogP contribution in [0.25, 0.3) is 0 Å². The molecule has 4 heteroatoms. The van der Waals surface area contributed by atoms with Crippen molar-refractivity contribution < 1.29 is 9.53 Å². The fourth-order valence-corrected chi connectivity index (χ4v) is 2.24. The summed E-state index contributed by atoms with van der Waals surface area (Å²) in [4.78, 5) is 11.6. The highest BCUT2D eigenvalue weighted by Crippen LogP contribution is 2.22. The van der Waals surface area contributed by atoms with Gasteiger partial charge in [-0.05, 0) is 42.8 Å². The molecule has 0 N–H and O–H groups in total. The maximum atomic E-state index is 11.6. The number of Topliss-reactive ketones (excluding diaryl/α,β-unsaturated/α-hetero) is 1. The summed E-state index contributed by atoms with van der Waals surface area (Å²) >= 11 is 3.40. The maximum Gasteiger partial charge on any atom is 0.163 e. The van der Waals surface area contributed by atoms with E-state index in [1.165, 1.54) is 6.92 Å². The Morgan fingerprint density at radius 2 is 2.10 bits per heavy atom. The van der Waals surface area contributed by atoms with Crippen molar-refractivity contribution in [1.82, 2.24) is 0 Å². The molecule has 0 unspecified atom stereocenters. The Bertz CT molecular complexity index is 689. The van der Waals surface area contributed by atoms with Crippen molar-refractivity contribution in [1.29, 1.82) is 5.26 Å². The third kappa shape index (κ3) is 3.46. The van der Waals surface area contributed by atoms with Gasteiger partial charge in [0.05, 0.1) is 17.2 Å².